The maximum Gasteiger partial charge on any atom is 0.240 e. The van der Waals surface area contributed by atoms with Gasteiger partial charge in [-0.1, -0.05) is 12.1 Å². The monoisotopic (exact) mass is 261 g/mol. The number of rotatable bonds is 3. The second-order valence-corrected chi connectivity index (χ2v) is 5.08. The molecule has 0 fully saturated rings. The first-order chi connectivity index (χ1) is 8.57. The highest BCUT2D eigenvalue weighted by Crippen LogP contribution is 2.22. The number of nitrogens with zero attached hydrogens (tertiary/aromatic N) is 2. The molecule has 0 amide bonds. The first-order valence-electron chi connectivity index (χ1n) is 5.13. The van der Waals surface area contributed by atoms with Crippen LogP contribution in [0.4, 0.5) is 5.69 Å². The van der Waals surface area contributed by atoms with Crippen LogP contribution < -0.4 is 5.14 Å². The molecule has 0 unspecified atom stereocenters. The standard InChI is InChI=1S/C12H11N3O2S/c13-18(16,17)12-4-2-1-3-11(12)15-9-10-5-7-14-8-6-10/h1-9H,(H2,13,16,17). The molecule has 6 heteroatoms. The smallest absolute Gasteiger partial charge is 0.240 e. The van der Waals surface area contributed by atoms with Gasteiger partial charge in [0.1, 0.15) is 4.90 Å². The predicted molar refractivity (Wildman–Crippen MR) is 69.3 cm³/mol. The van der Waals surface area contributed by atoms with E-state index in [9.17, 15) is 8.42 Å². The van der Waals surface area contributed by atoms with Crippen molar-refractivity contribution in [2.75, 3.05) is 0 Å². The van der Waals surface area contributed by atoms with Gasteiger partial charge in [0.25, 0.3) is 0 Å². The molecule has 2 N–H and O–H groups in total. The number of benzene rings is 1. The average Bonchev–Trinajstić information content (AvgIpc) is 2.37. The summed E-state index contributed by atoms with van der Waals surface area (Å²) in [4.78, 5) is 8.02. The molecule has 1 aromatic heterocycles. The minimum absolute atomic E-state index is 0.00954. The Kier molecular flexibility index (Phi) is 3.50. The Balaban J connectivity index is 2.39. The zero-order chi connectivity index (χ0) is 13.0. The van der Waals surface area contributed by atoms with Crippen LogP contribution in [0.3, 0.4) is 0 Å². The van der Waals surface area contributed by atoms with Crippen molar-refractivity contribution in [2.45, 2.75) is 4.90 Å². The van der Waals surface area contributed by atoms with Crippen LogP contribution in [0.5, 0.6) is 0 Å². The number of nitrogens with two attached hydrogens (primary N) is 1. The molecule has 0 atom stereocenters. The van der Waals surface area contributed by atoms with Gasteiger partial charge in [0.2, 0.25) is 10.0 Å². The Bertz CT molecular complexity index is 667. The van der Waals surface area contributed by atoms with Crippen LogP contribution >= 0.6 is 0 Å². The molecule has 0 bridgehead atoms. The summed E-state index contributed by atoms with van der Waals surface area (Å²) in [7, 11) is -3.76. The summed E-state index contributed by atoms with van der Waals surface area (Å²) in [6.45, 7) is 0. The number of primary sulfonamides is 1. The maximum absolute atomic E-state index is 11.4. The van der Waals surface area contributed by atoms with Gasteiger partial charge in [0.15, 0.2) is 0 Å². The molecule has 2 aromatic rings. The second kappa shape index (κ2) is 5.07. The van der Waals surface area contributed by atoms with Crippen LogP contribution in [0.15, 0.2) is 58.7 Å². The van der Waals surface area contributed by atoms with Gasteiger partial charge in [-0.05, 0) is 29.8 Å². The topological polar surface area (TPSA) is 85.4 Å². The van der Waals surface area contributed by atoms with Crippen molar-refractivity contribution in [1.82, 2.24) is 4.98 Å². The molecule has 0 saturated heterocycles. The van der Waals surface area contributed by atoms with E-state index < -0.39 is 10.0 Å². The Morgan fingerprint density at radius 3 is 2.44 bits per heavy atom. The molecule has 0 aliphatic carbocycles. The van der Waals surface area contributed by atoms with E-state index in [2.05, 4.69) is 9.98 Å². The van der Waals surface area contributed by atoms with Crippen LogP contribution in [0.25, 0.3) is 0 Å². The summed E-state index contributed by atoms with van der Waals surface area (Å²) in [5.74, 6) is 0. The van der Waals surface area contributed by atoms with Crippen LogP contribution in [-0.2, 0) is 10.0 Å². The fourth-order valence-corrected chi connectivity index (χ4v) is 2.08. The fraction of sp³-hybridized carbons (Fsp3) is 0. The third-order valence-electron chi connectivity index (χ3n) is 2.23. The van der Waals surface area contributed by atoms with Gasteiger partial charge in [-0.2, -0.15) is 0 Å². The van der Waals surface area contributed by atoms with E-state index in [1.165, 1.54) is 6.07 Å². The number of aromatic nitrogens is 1. The quantitative estimate of drug-likeness (QED) is 0.849. The number of sulfonamides is 1. The lowest BCUT2D eigenvalue weighted by molar-refractivity contribution is 0.598. The van der Waals surface area contributed by atoms with Gasteiger partial charge in [-0.3, -0.25) is 9.98 Å². The Morgan fingerprint density at radius 1 is 1.11 bits per heavy atom. The lowest BCUT2D eigenvalue weighted by Gasteiger charge is -2.01. The largest absolute Gasteiger partial charge is 0.265 e. The van der Waals surface area contributed by atoms with Crippen molar-refractivity contribution in [3.05, 3.63) is 54.4 Å². The highest BCUT2D eigenvalue weighted by Gasteiger charge is 2.11. The third kappa shape index (κ3) is 2.99. The van der Waals surface area contributed by atoms with E-state index in [0.29, 0.717) is 5.69 Å². The lowest BCUT2D eigenvalue weighted by Crippen LogP contribution is -2.12. The minimum Gasteiger partial charge on any atom is -0.265 e. The number of pyridine rings is 1. The molecule has 1 aromatic carbocycles. The number of hydrogen-bond acceptors (Lipinski definition) is 4. The predicted octanol–water partition coefficient (Wildman–Crippen LogP) is 1.48. The van der Waals surface area contributed by atoms with Crippen molar-refractivity contribution in [3.63, 3.8) is 0 Å². The van der Waals surface area contributed by atoms with Gasteiger partial charge < -0.3 is 0 Å². The molecular formula is C12H11N3O2S. The second-order valence-electron chi connectivity index (χ2n) is 3.55. The summed E-state index contributed by atoms with van der Waals surface area (Å²) < 4.78 is 22.7. The van der Waals surface area contributed by atoms with Crippen molar-refractivity contribution in [3.8, 4) is 0 Å². The van der Waals surface area contributed by atoms with Gasteiger partial charge in [0, 0.05) is 18.6 Å². The molecule has 18 heavy (non-hydrogen) atoms. The Morgan fingerprint density at radius 2 is 1.78 bits per heavy atom. The first-order valence-corrected chi connectivity index (χ1v) is 6.68. The molecule has 0 aliphatic rings. The molecule has 0 radical (unpaired) electrons. The van der Waals surface area contributed by atoms with Crippen molar-refractivity contribution in [1.29, 1.82) is 0 Å². The SMILES string of the molecule is NS(=O)(=O)c1ccccc1N=Cc1ccncc1. The van der Waals surface area contributed by atoms with Gasteiger partial charge in [-0.15, -0.1) is 0 Å². The summed E-state index contributed by atoms with van der Waals surface area (Å²) in [6, 6.07) is 9.86. The van der Waals surface area contributed by atoms with Gasteiger partial charge >= 0.3 is 0 Å². The summed E-state index contributed by atoms with van der Waals surface area (Å²) in [6.07, 6.45) is 4.82. The maximum atomic E-state index is 11.4. The van der Waals surface area contributed by atoms with Crippen molar-refractivity contribution < 1.29 is 8.42 Å². The highest BCUT2D eigenvalue weighted by atomic mass is 32.2. The first kappa shape index (κ1) is 12.4. The molecule has 5 nitrogen and oxygen atoms in total. The Hall–Kier alpha value is -2.05. The number of para-hydroxylation sites is 1. The molecule has 0 spiro atoms. The zero-order valence-corrected chi connectivity index (χ0v) is 10.2. The molecule has 1 heterocycles. The molecule has 0 saturated carbocycles. The van der Waals surface area contributed by atoms with Crippen LogP contribution in [0, 0.1) is 0 Å². The molecule has 92 valence electrons. The Labute approximate surface area is 105 Å². The fourth-order valence-electron chi connectivity index (χ4n) is 1.40. The molecular weight excluding hydrogens is 250 g/mol. The average molecular weight is 261 g/mol. The molecule has 2 rings (SSSR count). The van der Waals surface area contributed by atoms with Crippen LogP contribution in [0.2, 0.25) is 0 Å². The summed E-state index contributed by atoms with van der Waals surface area (Å²) in [5, 5.41) is 5.11. The summed E-state index contributed by atoms with van der Waals surface area (Å²) >= 11 is 0. The molecule has 0 aliphatic heterocycles. The normalized spacial score (nSPS) is 11.8. The van der Waals surface area contributed by atoms with Gasteiger partial charge in [0.05, 0.1) is 5.69 Å². The number of hydrogen-bond donors (Lipinski definition) is 1. The summed E-state index contributed by atoms with van der Waals surface area (Å²) in [5.41, 5.74) is 1.14. The van der Waals surface area contributed by atoms with Crippen molar-refractivity contribution >= 4 is 21.9 Å². The minimum atomic E-state index is -3.76. The van der Waals surface area contributed by atoms with E-state index in [1.807, 2.05) is 0 Å². The van der Waals surface area contributed by atoms with E-state index >= 15 is 0 Å². The van der Waals surface area contributed by atoms with E-state index in [-0.39, 0.29) is 4.90 Å². The highest BCUT2D eigenvalue weighted by molar-refractivity contribution is 7.89. The van der Waals surface area contributed by atoms with Gasteiger partial charge in [-0.25, -0.2) is 13.6 Å². The third-order valence-corrected chi connectivity index (χ3v) is 3.19. The van der Waals surface area contributed by atoms with Crippen LogP contribution in [-0.4, -0.2) is 19.6 Å². The zero-order valence-electron chi connectivity index (χ0n) is 9.39. The number of aliphatic imine (C=N–C) groups is 1. The van der Waals surface area contributed by atoms with E-state index in [0.717, 1.165) is 5.56 Å². The van der Waals surface area contributed by atoms with E-state index in [1.54, 1.807) is 48.9 Å². The lowest BCUT2D eigenvalue weighted by atomic mass is 10.3. The van der Waals surface area contributed by atoms with E-state index in [4.69, 9.17) is 5.14 Å². The van der Waals surface area contributed by atoms with Crippen LogP contribution in [0.1, 0.15) is 5.56 Å². The van der Waals surface area contributed by atoms with Crippen molar-refractivity contribution in [2.24, 2.45) is 10.1 Å².